The van der Waals surface area contributed by atoms with Gasteiger partial charge < -0.3 is 10.2 Å². The third-order valence-electron chi connectivity index (χ3n) is 7.14. The second-order valence-corrected chi connectivity index (χ2v) is 12.5. The van der Waals surface area contributed by atoms with Gasteiger partial charge >= 0.3 is 0 Å². The van der Waals surface area contributed by atoms with Crippen molar-refractivity contribution in [3.05, 3.63) is 94.0 Å². The molecule has 1 N–H and O–H groups in total. The minimum atomic E-state index is -4.12. The van der Waals surface area contributed by atoms with Crippen LogP contribution in [0, 0.1) is 20.8 Å². The monoisotopic (exact) mass is 583 g/mol. The first kappa shape index (κ1) is 31.2. The predicted molar refractivity (Wildman–Crippen MR) is 161 cm³/mol. The number of nitrogens with one attached hydrogen (secondary N) is 1. The van der Waals surface area contributed by atoms with Crippen LogP contribution in [-0.4, -0.2) is 43.8 Å². The summed E-state index contributed by atoms with van der Waals surface area (Å²) in [5.41, 5.74) is 3.69. The Balaban J connectivity index is 2.07. The molecule has 3 rings (SSSR count). The Kier molecular flexibility index (Phi) is 10.4. The number of rotatable bonds is 11. The molecule has 2 amide bonds. The maximum atomic E-state index is 14.1. The second-order valence-electron chi connectivity index (χ2n) is 10.2. The van der Waals surface area contributed by atoms with Crippen molar-refractivity contribution < 1.29 is 18.0 Å². The van der Waals surface area contributed by atoms with Crippen LogP contribution in [0.15, 0.2) is 71.6 Å². The number of halogens is 1. The number of hydrogen-bond donors (Lipinski definition) is 1. The van der Waals surface area contributed by atoms with Gasteiger partial charge in [0.15, 0.2) is 0 Å². The minimum absolute atomic E-state index is 0.0774. The molecule has 7 nitrogen and oxygen atoms in total. The predicted octanol–water partition coefficient (Wildman–Crippen LogP) is 5.79. The first-order chi connectivity index (χ1) is 18.8. The summed E-state index contributed by atoms with van der Waals surface area (Å²) in [6.45, 7) is 10.7. The number of amides is 2. The van der Waals surface area contributed by atoms with Crippen molar-refractivity contribution in [3.8, 4) is 0 Å². The van der Waals surface area contributed by atoms with E-state index in [1.54, 1.807) is 61.5 Å². The molecule has 0 heterocycles. The normalized spacial score (nSPS) is 12.9. The first-order valence-electron chi connectivity index (χ1n) is 13.3. The molecule has 0 aliphatic carbocycles. The summed E-state index contributed by atoms with van der Waals surface area (Å²) in [6, 6.07) is 18.0. The van der Waals surface area contributed by atoms with Crippen LogP contribution in [0.2, 0.25) is 5.02 Å². The highest BCUT2D eigenvalue weighted by molar-refractivity contribution is 7.92. The molecule has 0 bridgehead atoms. The molecule has 40 heavy (non-hydrogen) atoms. The lowest BCUT2D eigenvalue weighted by Crippen LogP contribution is -2.52. The van der Waals surface area contributed by atoms with Gasteiger partial charge in [-0.25, -0.2) is 8.42 Å². The molecular formula is C31H38ClN3O4S. The Morgan fingerprint density at radius 3 is 2.23 bits per heavy atom. The minimum Gasteiger partial charge on any atom is -0.352 e. The highest BCUT2D eigenvalue weighted by atomic mass is 35.5. The average molecular weight is 584 g/mol. The summed E-state index contributed by atoms with van der Waals surface area (Å²) >= 11 is 6.20. The summed E-state index contributed by atoms with van der Waals surface area (Å²) in [5.74, 6) is -0.826. The van der Waals surface area contributed by atoms with Crippen LogP contribution in [0.3, 0.4) is 0 Å². The van der Waals surface area contributed by atoms with Crippen LogP contribution < -0.4 is 9.62 Å². The van der Waals surface area contributed by atoms with Crippen LogP contribution >= 0.6 is 11.6 Å². The quantitative estimate of drug-likeness (QED) is 0.309. The Bertz CT molecular complexity index is 1460. The van der Waals surface area contributed by atoms with Crippen molar-refractivity contribution in [3.63, 3.8) is 0 Å². The molecule has 0 saturated heterocycles. The van der Waals surface area contributed by atoms with Crippen molar-refractivity contribution in [2.45, 2.75) is 71.5 Å². The van der Waals surface area contributed by atoms with Crippen LogP contribution in [0.4, 0.5) is 5.69 Å². The highest BCUT2D eigenvalue weighted by Gasteiger charge is 2.33. The van der Waals surface area contributed by atoms with E-state index in [4.69, 9.17) is 11.6 Å². The highest BCUT2D eigenvalue weighted by Crippen LogP contribution is 2.29. The largest absolute Gasteiger partial charge is 0.352 e. The summed E-state index contributed by atoms with van der Waals surface area (Å²) in [5, 5.41) is 3.43. The van der Waals surface area contributed by atoms with Crippen molar-refractivity contribution in [1.29, 1.82) is 0 Å². The van der Waals surface area contributed by atoms with Crippen molar-refractivity contribution >= 4 is 39.1 Å². The zero-order valence-electron chi connectivity index (χ0n) is 23.9. The molecule has 0 aromatic heterocycles. The SMILES string of the molecule is CC[C@@H](C)NC(=O)[C@H](C)N(Cc1cccc(Cl)c1)C(=O)CN(c1cccc(C)c1C)S(=O)(=O)c1ccc(C)cc1. The smallest absolute Gasteiger partial charge is 0.264 e. The fourth-order valence-corrected chi connectivity index (χ4v) is 5.92. The van der Waals surface area contributed by atoms with E-state index in [2.05, 4.69) is 5.32 Å². The number of hydrogen-bond acceptors (Lipinski definition) is 4. The van der Waals surface area contributed by atoms with E-state index in [1.807, 2.05) is 46.8 Å². The van der Waals surface area contributed by atoms with Crippen LogP contribution in [0.1, 0.15) is 49.4 Å². The zero-order chi connectivity index (χ0) is 29.6. The molecule has 0 aliphatic heterocycles. The Morgan fingerprint density at radius 2 is 1.60 bits per heavy atom. The van der Waals surface area contributed by atoms with Crippen molar-refractivity contribution in [2.24, 2.45) is 0 Å². The van der Waals surface area contributed by atoms with E-state index < -0.39 is 28.5 Å². The molecule has 0 aliphatic rings. The van der Waals surface area contributed by atoms with E-state index in [1.165, 1.54) is 4.90 Å². The van der Waals surface area contributed by atoms with Crippen LogP contribution in [-0.2, 0) is 26.2 Å². The Morgan fingerprint density at radius 1 is 0.950 bits per heavy atom. The maximum Gasteiger partial charge on any atom is 0.264 e. The van der Waals surface area contributed by atoms with Crippen LogP contribution in [0.5, 0.6) is 0 Å². The third kappa shape index (κ3) is 7.43. The van der Waals surface area contributed by atoms with E-state index in [0.717, 1.165) is 33.0 Å². The lowest BCUT2D eigenvalue weighted by molar-refractivity contribution is -0.139. The molecule has 2 atom stereocenters. The Labute approximate surface area is 243 Å². The van der Waals surface area contributed by atoms with E-state index in [0.29, 0.717) is 10.7 Å². The second kappa shape index (κ2) is 13.3. The van der Waals surface area contributed by atoms with Gasteiger partial charge in [-0.1, -0.05) is 60.5 Å². The molecule has 3 aromatic rings. The summed E-state index contributed by atoms with van der Waals surface area (Å²) < 4.78 is 29.2. The molecular weight excluding hydrogens is 546 g/mol. The molecule has 3 aromatic carbocycles. The molecule has 214 valence electrons. The van der Waals surface area contributed by atoms with Gasteiger partial charge in [-0.2, -0.15) is 0 Å². The number of sulfonamides is 1. The standard InChI is InChI=1S/C31H38ClN3O4S/c1-7-23(4)33-31(37)25(6)34(19-26-11-9-12-27(32)18-26)30(36)20-35(29-13-8-10-22(3)24(29)5)40(38,39)28-16-14-21(2)15-17-28/h8-18,23,25H,7,19-20H2,1-6H3,(H,33,37)/t23-,25+/m1/s1. The molecule has 0 unspecified atom stereocenters. The van der Waals surface area contributed by atoms with Gasteiger partial charge in [0.2, 0.25) is 11.8 Å². The topological polar surface area (TPSA) is 86.8 Å². The zero-order valence-corrected chi connectivity index (χ0v) is 25.5. The van der Waals surface area contributed by atoms with Gasteiger partial charge in [-0.05, 0) is 88.1 Å². The number of aryl methyl sites for hydroxylation is 2. The molecule has 0 spiro atoms. The number of carbonyl (C=O) groups is 2. The fraction of sp³-hybridized carbons (Fsp3) is 0.355. The van der Waals surface area contributed by atoms with Gasteiger partial charge in [0.1, 0.15) is 12.6 Å². The van der Waals surface area contributed by atoms with Gasteiger partial charge in [0.25, 0.3) is 10.0 Å². The number of nitrogens with zero attached hydrogens (tertiary/aromatic N) is 2. The average Bonchev–Trinajstić information content (AvgIpc) is 2.91. The van der Waals surface area contributed by atoms with Gasteiger partial charge in [-0.15, -0.1) is 0 Å². The van der Waals surface area contributed by atoms with Crippen LogP contribution in [0.25, 0.3) is 0 Å². The molecule has 0 radical (unpaired) electrons. The Hall–Kier alpha value is -3.36. The lowest BCUT2D eigenvalue weighted by atomic mass is 10.1. The molecule has 0 saturated carbocycles. The molecule has 0 fully saturated rings. The van der Waals surface area contributed by atoms with E-state index >= 15 is 0 Å². The maximum absolute atomic E-state index is 14.1. The van der Waals surface area contributed by atoms with Crippen molar-refractivity contribution in [1.82, 2.24) is 10.2 Å². The van der Waals surface area contributed by atoms with Gasteiger partial charge in [0.05, 0.1) is 10.6 Å². The van der Waals surface area contributed by atoms with E-state index in [9.17, 15) is 18.0 Å². The number of anilines is 1. The summed E-state index contributed by atoms with van der Waals surface area (Å²) in [4.78, 5) is 28.7. The van der Waals surface area contributed by atoms with Gasteiger partial charge in [0, 0.05) is 17.6 Å². The fourth-order valence-electron chi connectivity index (χ4n) is 4.24. The molecule has 9 heteroatoms. The number of benzene rings is 3. The van der Waals surface area contributed by atoms with Gasteiger partial charge in [-0.3, -0.25) is 13.9 Å². The first-order valence-corrected chi connectivity index (χ1v) is 15.2. The summed E-state index contributed by atoms with van der Waals surface area (Å²) in [6.07, 6.45) is 0.732. The number of carbonyl (C=O) groups excluding carboxylic acids is 2. The summed E-state index contributed by atoms with van der Waals surface area (Å²) in [7, 11) is -4.12. The third-order valence-corrected chi connectivity index (χ3v) is 9.15. The van der Waals surface area contributed by atoms with E-state index in [-0.39, 0.29) is 23.4 Å². The lowest BCUT2D eigenvalue weighted by Gasteiger charge is -2.33. The van der Waals surface area contributed by atoms with Crippen molar-refractivity contribution in [2.75, 3.05) is 10.8 Å².